The van der Waals surface area contributed by atoms with E-state index >= 15 is 0 Å². The summed E-state index contributed by atoms with van der Waals surface area (Å²) in [5.41, 5.74) is 1.27. The number of para-hydroxylation sites is 1. The Balaban J connectivity index is 2.02. The van der Waals surface area contributed by atoms with Gasteiger partial charge in [0.25, 0.3) is 0 Å². The van der Waals surface area contributed by atoms with Crippen LogP contribution >= 0.6 is 15.9 Å². The first-order chi connectivity index (χ1) is 8.75. The number of allylic oxidation sites excluding steroid dienone is 1. The minimum Gasteiger partial charge on any atom is -0.452 e. The summed E-state index contributed by atoms with van der Waals surface area (Å²) in [4.78, 5) is 16.3. The number of hydrogen-bond donors (Lipinski definition) is 0. The highest BCUT2D eigenvalue weighted by Crippen LogP contribution is 2.31. The Labute approximate surface area is 112 Å². The summed E-state index contributed by atoms with van der Waals surface area (Å²) < 4.78 is 6.35. The first-order valence-electron chi connectivity index (χ1n) is 5.39. The van der Waals surface area contributed by atoms with Crippen molar-refractivity contribution in [1.29, 1.82) is 0 Å². The maximum atomic E-state index is 12.1. The van der Waals surface area contributed by atoms with Crippen molar-refractivity contribution in [2.45, 2.75) is 0 Å². The third-order valence-electron chi connectivity index (χ3n) is 2.63. The molecule has 0 atom stereocenters. The summed E-state index contributed by atoms with van der Waals surface area (Å²) in [6.45, 7) is 0. The lowest BCUT2D eigenvalue weighted by Crippen LogP contribution is -1.98. The van der Waals surface area contributed by atoms with Gasteiger partial charge in [-0.1, -0.05) is 12.1 Å². The molecular weight excluding hydrogens is 294 g/mol. The number of fused-ring (bicyclic) bond motifs is 1. The van der Waals surface area contributed by atoms with Crippen LogP contribution in [0.4, 0.5) is 0 Å². The summed E-state index contributed by atoms with van der Waals surface area (Å²) >= 11 is 3.38. The topological polar surface area (TPSA) is 39.2 Å². The van der Waals surface area contributed by atoms with Crippen molar-refractivity contribution < 1.29 is 9.53 Å². The van der Waals surface area contributed by atoms with Gasteiger partial charge in [-0.25, -0.2) is 0 Å². The van der Waals surface area contributed by atoms with Gasteiger partial charge in [-0.3, -0.25) is 9.78 Å². The van der Waals surface area contributed by atoms with Gasteiger partial charge in [-0.15, -0.1) is 0 Å². The van der Waals surface area contributed by atoms with Gasteiger partial charge in [0.05, 0.1) is 11.3 Å². The number of carbonyl (C=O) groups is 1. The molecule has 88 valence electrons. The second kappa shape index (κ2) is 4.38. The molecule has 0 unspecified atom stereocenters. The Morgan fingerprint density at radius 1 is 1.17 bits per heavy atom. The molecule has 0 N–H and O–H groups in total. The molecule has 0 fully saturated rings. The number of aromatic nitrogens is 1. The summed E-state index contributed by atoms with van der Waals surface area (Å²) in [5, 5.41) is 0. The summed E-state index contributed by atoms with van der Waals surface area (Å²) in [6.07, 6.45) is 3.32. The number of Topliss-reactive ketones (excluding diaryl/α,β-unsaturated/α-hetero) is 1. The number of ether oxygens (including phenoxy) is 1. The average molecular weight is 302 g/mol. The Morgan fingerprint density at radius 2 is 2.00 bits per heavy atom. The number of benzene rings is 1. The molecule has 0 radical (unpaired) electrons. The van der Waals surface area contributed by atoms with Gasteiger partial charge in [0.1, 0.15) is 5.75 Å². The first-order valence-corrected chi connectivity index (χ1v) is 6.19. The number of ketones is 1. The standard InChI is InChI=1S/C14H8BrNO2/c15-10-5-3-7-16-11(10)8-13-14(17)9-4-1-2-6-12(9)18-13/h1-8H/b13-8-. The largest absolute Gasteiger partial charge is 0.452 e. The zero-order valence-corrected chi connectivity index (χ0v) is 10.8. The second-order valence-corrected chi connectivity index (χ2v) is 4.66. The van der Waals surface area contributed by atoms with Crippen LogP contribution in [0.15, 0.2) is 52.8 Å². The van der Waals surface area contributed by atoms with Crippen LogP contribution in [-0.4, -0.2) is 10.8 Å². The molecule has 1 aromatic carbocycles. The van der Waals surface area contributed by atoms with Gasteiger partial charge in [0.15, 0.2) is 5.76 Å². The number of carbonyl (C=O) groups excluding carboxylic acids is 1. The van der Waals surface area contributed by atoms with Crippen LogP contribution in [0.25, 0.3) is 6.08 Å². The van der Waals surface area contributed by atoms with Crippen molar-refractivity contribution >= 4 is 27.8 Å². The number of hydrogen-bond acceptors (Lipinski definition) is 3. The third-order valence-corrected chi connectivity index (χ3v) is 3.30. The average Bonchev–Trinajstić information content (AvgIpc) is 2.70. The molecule has 2 aromatic rings. The molecule has 0 saturated carbocycles. The van der Waals surface area contributed by atoms with E-state index in [9.17, 15) is 4.79 Å². The van der Waals surface area contributed by atoms with Gasteiger partial charge in [-0.2, -0.15) is 0 Å². The Morgan fingerprint density at radius 3 is 2.78 bits per heavy atom. The smallest absolute Gasteiger partial charge is 0.232 e. The molecule has 4 heteroatoms. The zero-order valence-electron chi connectivity index (χ0n) is 9.26. The van der Waals surface area contributed by atoms with Crippen LogP contribution in [0.3, 0.4) is 0 Å². The van der Waals surface area contributed by atoms with Crippen LogP contribution in [0.2, 0.25) is 0 Å². The van der Waals surface area contributed by atoms with E-state index in [0.717, 1.165) is 4.47 Å². The van der Waals surface area contributed by atoms with Crippen molar-refractivity contribution in [1.82, 2.24) is 4.98 Å². The highest BCUT2D eigenvalue weighted by atomic mass is 79.9. The summed E-state index contributed by atoms with van der Waals surface area (Å²) in [7, 11) is 0. The predicted octanol–water partition coefficient (Wildman–Crippen LogP) is 3.46. The van der Waals surface area contributed by atoms with Crippen LogP contribution in [0.5, 0.6) is 5.75 Å². The molecule has 3 nitrogen and oxygen atoms in total. The molecule has 1 aliphatic heterocycles. The molecule has 2 heterocycles. The predicted molar refractivity (Wildman–Crippen MR) is 71.3 cm³/mol. The first kappa shape index (κ1) is 11.2. The van der Waals surface area contributed by atoms with E-state index in [1.165, 1.54) is 0 Å². The normalized spacial score (nSPS) is 15.6. The fraction of sp³-hybridized carbons (Fsp3) is 0. The van der Waals surface area contributed by atoms with E-state index in [1.807, 2.05) is 24.3 Å². The van der Waals surface area contributed by atoms with Crippen LogP contribution < -0.4 is 4.74 Å². The molecule has 0 aliphatic carbocycles. The van der Waals surface area contributed by atoms with Crippen molar-refractivity contribution in [2.24, 2.45) is 0 Å². The number of halogens is 1. The SMILES string of the molecule is O=C1/C(=C/c2ncccc2Br)Oc2ccccc21. The quantitative estimate of drug-likeness (QED) is 0.757. The third kappa shape index (κ3) is 1.84. The molecule has 1 aromatic heterocycles. The molecule has 0 amide bonds. The molecule has 3 rings (SSSR count). The minimum absolute atomic E-state index is 0.108. The highest BCUT2D eigenvalue weighted by molar-refractivity contribution is 9.10. The van der Waals surface area contributed by atoms with E-state index in [4.69, 9.17) is 4.74 Å². The van der Waals surface area contributed by atoms with E-state index < -0.39 is 0 Å². The van der Waals surface area contributed by atoms with Gasteiger partial charge in [-0.05, 0) is 40.2 Å². The number of pyridine rings is 1. The Hall–Kier alpha value is -1.94. The van der Waals surface area contributed by atoms with E-state index in [0.29, 0.717) is 22.8 Å². The lowest BCUT2D eigenvalue weighted by atomic mass is 10.1. The van der Waals surface area contributed by atoms with Crippen molar-refractivity contribution in [3.05, 3.63) is 64.1 Å². The van der Waals surface area contributed by atoms with Crippen LogP contribution in [0, 0.1) is 0 Å². The van der Waals surface area contributed by atoms with Gasteiger partial charge in [0.2, 0.25) is 5.78 Å². The van der Waals surface area contributed by atoms with Crippen molar-refractivity contribution in [2.75, 3.05) is 0 Å². The fourth-order valence-electron chi connectivity index (χ4n) is 1.76. The Bertz CT molecular complexity index is 664. The number of nitrogens with zero attached hydrogens (tertiary/aromatic N) is 1. The van der Waals surface area contributed by atoms with Crippen molar-refractivity contribution in [3.63, 3.8) is 0 Å². The maximum absolute atomic E-state index is 12.1. The maximum Gasteiger partial charge on any atom is 0.232 e. The Kier molecular flexibility index (Phi) is 2.72. The zero-order chi connectivity index (χ0) is 12.5. The van der Waals surface area contributed by atoms with Crippen LogP contribution in [0.1, 0.15) is 16.1 Å². The summed E-state index contributed by atoms with van der Waals surface area (Å²) in [6, 6.07) is 10.9. The minimum atomic E-state index is -0.108. The molecule has 0 saturated heterocycles. The lowest BCUT2D eigenvalue weighted by molar-refractivity contribution is 0.101. The van der Waals surface area contributed by atoms with E-state index in [-0.39, 0.29) is 5.78 Å². The molecule has 18 heavy (non-hydrogen) atoms. The second-order valence-electron chi connectivity index (χ2n) is 3.81. The highest BCUT2D eigenvalue weighted by Gasteiger charge is 2.26. The lowest BCUT2D eigenvalue weighted by Gasteiger charge is -1.99. The fourth-order valence-corrected chi connectivity index (χ4v) is 2.13. The van der Waals surface area contributed by atoms with E-state index in [2.05, 4.69) is 20.9 Å². The van der Waals surface area contributed by atoms with Crippen molar-refractivity contribution in [3.8, 4) is 5.75 Å². The summed E-state index contributed by atoms with van der Waals surface area (Å²) in [5.74, 6) is 0.791. The molecular formula is C14H8BrNO2. The number of rotatable bonds is 1. The monoisotopic (exact) mass is 301 g/mol. The van der Waals surface area contributed by atoms with Gasteiger partial charge in [0, 0.05) is 16.7 Å². The molecule has 1 aliphatic rings. The molecule has 0 spiro atoms. The molecule has 0 bridgehead atoms. The van der Waals surface area contributed by atoms with Gasteiger partial charge < -0.3 is 4.74 Å². The van der Waals surface area contributed by atoms with E-state index in [1.54, 1.807) is 24.4 Å². The van der Waals surface area contributed by atoms with Gasteiger partial charge >= 0.3 is 0 Å². The van der Waals surface area contributed by atoms with Crippen LogP contribution in [-0.2, 0) is 0 Å².